The Kier molecular flexibility index (Phi) is 4.96. The highest BCUT2D eigenvalue weighted by Gasteiger charge is 2.19. The number of aryl methyl sites for hydroxylation is 1. The highest BCUT2D eigenvalue weighted by molar-refractivity contribution is 7.92. The number of sulfonamides is 1. The summed E-state index contributed by atoms with van der Waals surface area (Å²) in [5.41, 5.74) is 1.89. The summed E-state index contributed by atoms with van der Waals surface area (Å²) in [4.78, 5) is 16.9. The zero-order valence-electron chi connectivity index (χ0n) is 15.7. The number of rotatable bonds is 5. The molecule has 0 aliphatic carbocycles. The van der Waals surface area contributed by atoms with Crippen LogP contribution in [0.2, 0.25) is 0 Å². The number of nitrogens with zero attached hydrogens (tertiary/aromatic N) is 1. The predicted molar refractivity (Wildman–Crippen MR) is 110 cm³/mol. The van der Waals surface area contributed by atoms with Crippen molar-refractivity contribution in [3.8, 4) is 0 Å². The van der Waals surface area contributed by atoms with Crippen LogP contribution in [-0.4, -0.2) is 19.3 Å². The maximum atomic E-state index is 13.1. The molecule has 1 amide bonds. The molecule has 0 aliphatic heterocycles. The second kappa shape index (κ2) is 7.60. The van der Waals surface area contributed by atoms with Crippen LogP contribution >= 0.6 is 0 Å². The number of hydrogen-bond acceptors (Lipinski definition) is 5. The van der Waals surface area contributed by atoms with Crippen molar-refractivity contribution < 1.29 is 22.0 Å². The summed E-state index contributed by atoms with van der Waals surface area (Å²) in [5, 5.41) is 2.73. The predicted octanol–water partition coefficient (Wildman–Crippen LogP) is 4.33. The van der Waals surface area contributed by atoms with Crippen molar-refractivity contribution in [2.45, 2.75) is 11.8 Å². The molecule has 0 saturated carbocycles. The van der Waals surface area contributed by atoms with Gasteiger partial charge in [0.1, 0.15) is 11.3 Å². The van der Waals surface area contributed by atoms with Crippen molar-refractivity contribution in [2.75, 3.05) is 10.0 Å². The minimum absolute atomic E-state index is 0.0951. The van der Waals surface area contributed by atoms with Gasteiger partial charge in [0, 0.05) is 12.6 Å². The van der Waals surface area contributed by atoms with E-state index in [2.05, 4.69) is 15.0 Å². The van der Waals surface area contributed by atoms with E-state index in [4.69, 9.17) is 4.42 Å². The standard InChI is InChI=1S/C21H16FN3O4S/c1-13-23-19-12-15(8-11-20(19)29-13)24-21(26)17-4-2-3-5-18(17)25-30(27,28)16-9-6-14(22)7-10-16/h2-12,25H,1H3,(H,24,26). The quantitative estimate of drug-likeness (QED) is 0.496. The van der Waals surface area contributed by atoms with Crippen LogP contribution in [0.25, 0.3) is 11.1 Å². The molecule has 1 heterocycles. The molecular formula is C21H16FN3O4S. The fraction of sp³-hybridized carbons (Fsp3) is 0.0476. The highest BCUT2D eigenvalue weighted by atomic mass is 32.2. The van der Waals surface area contributed by atoms with E-state index < -0.39 is 21.7 Å². The molecule has 7 nitrogen and oxygen atoms in total. The van der Waals surface area contributed by atoms with Crippen molar-refractivity contribution in [3.63, 3.8) is 0 Å². The molecule has 0 saturated heterocycles. The van der Waals surface area contributed by atoms with Gasteiger partial charge in [0.2, 0.25) is 0 Å². The Morgan fingerprint density at radius 1 is 1.03 bits per heavy atom. The molecule has 0 unspecified atom stereocenters. The van der Waals surface area contributed by atoms with Gasteiger partial charge in [-0.3, -0.25) is 9.52 Å². The summed E-state index contributed by atoms with van der Waals surface area (Å²) in [6, 6.07) is 15.6. The van der Waals surface area contributed by atoms with E-state index in [1.165, 1.54) is 12.1 Å². The number of carbonyl (C=O) groups excluding carboxylic acids is 1. The fourth-order valence-corrected chi connectivity index (χ4v) is 3.99. The van der Waals surface area contributed by atoms with Gasteiger partial charge in [0.15, 0.2) is 11.5 Å². The van der Waals surface area contributed by atoms with Crippen LogP contribution in [0.4, 0.5) is 15.8 Å². The molecule has 4 rings (SSSR count). The van der Waals surface area contributed by atoms with Gasteiger partial charge in [-0.2, -0.15) is 0 Å². The third-order valence-corrected chi connectivity index (χ3v) is 5.67. The molecule has 3 aromatic carbocycles. The number of nitrogens with one attached hydrogen (secondary N) is 2. The van der Waals surface area contributed by atoms with Gasteiger partial charge in [-0.15, -0.1) is 0 Å². The van der Waals surface area contributed by atoms with Gasteiger partial charge in [0.25, 0.3) is 15.9 Å². The number of carbonyl (C=O) groups is 1. The van der Waals surface area contributed by atoms with Crippen LogP contribution in [0.5, 0.6) is 0 Å². The Hall–Kier alpha value is -3.72. The van der Waals surface area contributed by atoms with Gasteiger partial charge in [-0.05, 0) is 54.6 Å². The minimum atomic E-state index is -4.00. The van der Waals surface area contributed by atoms with E-state index in [0.29, 0.717) is 22.7 Å². The SMILES string of the molecule is Cc1nc2cc(NC(=O)c3ccccc3NS(=O)(=O)c3ccc(F)cc3)ccc2o1. The van der Waals surface area contributed by atoms with Gasteiger partial charge in [0.05, 0.1) is 16.1 Å². The molecule has 4 aromatic rings. The van der Waals surface area contributed by atoms with E-state index >= 15 is 0 Å². The van der Waals surface area contributed by atoms with Crippen molar-refractivity contribution >= 4 is 38.4 Å². The van der Waals surface area contributed by atoms with Gasteiger partial charge in [-0.25, -0.2) is 17.8 Å². The van der Waals surface area contributed by atoms with E-state index in [1.807, 2.05) is 0 Å². The molecule has 0 bridgehead atoms. The van der Waals surface area contributed by atoms with Crippen LogP contribution in [0.1, 0.15) is 16.2 Å². The van der Waals surface area contributed by atoms with Crippen LogP contribution in [0.15, 0.2) is 76.0 Å². The van der Waals surface area contributed by atoms with Crippen molar-refractivity contribution in [1.29, 1.82) is 0 Å². The molecule has 0 atom stereocenters. The normalized spacial score (nSPS) is 11.4. The number of oxazole rings is 1. The summed E-state index contributed by atoms with van der Waals surface area (Å²) in [6.45, 7) is 1.72. The summed E-state index contributed by atoms with van der Waals surface area (Å²) in [7, 11) is -4.00. The number of aromatic nitrogens is 1. The Morgan fingerprint density at radius 2 is 1.77 bits per heavy atom. The van der Waals surface area contributed by atoms with Crippen LogP contribution in [0, 0.1) is 12.7 Å². The molecule has 0 spiro atoms. The molecule has 0 radical (unpaired) electrons. The lowest BCUT2D eigenvalue weighted by molar-refractivity contribution is 0.102. The number of amides is 1. The highest BCUT2D eigenvalue weighted by Crippen LogP contribution is 2.23. The summed E-state index contributed by atoms with van der Waals surface area (Å²) in [5.74, 6) is -0.547. The Bertz CT molecular complexity index is 1350. The third kappa shape index (κ3) is 4.01. The average Bonchev–Trinajstić information content (AvgIpc) is 3.07. The lowest BCUT2D eigenvalue weighted by Gasteiger charge is -2.13. The molecule has 2 N–H and O–H groups in total. The monoisotopic (exact) mass is 425 g/mol. The summed E-state index contributed by atoms with van der Waals surface area (Å²) >= 11 is 0. The zero-order chi connectivity index (χ0) is 21.3. The molecule has 0 aliphatic rings. The van der Waals surface area contributed by atoms with Gasteiger partial charge < -0.3 is 9.73 Å². The Morgan fingerprint density at radius 3 is 2.53 bits per heavy atom. The molecule has 152 valence electrons. The lowest BCUT2D eigenvalue weighted by Crippen LogP contribution is -2.18. The average molecular weight is 425 g/mol. The minimum Gasteiger partial charge on any atom is -0.441 e. The molecule has 0 fully saturated rings. The third-order valence-electron chi connectivity index (χ3n) is 4.29. The number of fused-ring (bicyclic) bond motifs is 1. The second-order valence-electron chi connectivity index (χ2n) is 6.47. The maximum absolute atomic E-state index is 13.1. The lowest BCUT2D eigenvalue weighted by atomic mass is 10.1. The number of para-hydroxylation sites is 1. The topological polar surface area (TPSA) is 101 Å². The van der Waals surface area contributed by atoms with Crippen molar-refractivity contribution in [1.82, 2.24) is 4.98 Å². The van der Waals surface area contributed by atoms with Crippen molar-refractivity contribution in [2.24, 2.45) is 0 Å². The first-order chi connectivity index (χ1) is 14.3. The molecule has 9 heteroatoms. The van der Waals surface area contributed by atoms with Crippen LogP contribution in [0.3, 0.4) is 0 Å². The number of benzene rings is 3. The largest absolute Gasteiger partial charge is 0.441 e. The smallest absolute Gasteiger partial charge is 0.261 e. The first kappa shape index (κ1) is 19.6. The van der Waals surface area contributed by atoms with E-state index in [1.54, 1.807) is 37.3 Å². The summed E-state index contributed by atoms with van der Waals surface area (Å²) in [6.07, 6.45) is 0. The number of anilines is 2. The summed E-state index contributed by atoms with van der Waals surface area (Å²) < 4.78 is 46.1. The molecular weight excluding hydrogens is 409 g/mol. The van der Waals surface area contributed by atoms with Gasteiger partial charge in [-0.1, -0.05) is 12.1 Å². The molecule has 1 aromatic heterocycles. The molecule has 30 heavy (non-hydrogen) atoms. The van der Waals surface area contributed by atoms with Crippen molar-refractivity contribution in [3.05, 3.63) is 84.0 Å². The van der Waals surface area contributed by atoms with Crippen LogP contribution in [-0.2, 0) is 10.0 Å². The zero-order valence-corrected chi connectivity index (χ0v) is 16.5. The van der Waals surface area contributed by atoms with E-state index in [-0.39, 0.29) is 16.1 Å². The first-order valence-corrected chi connectivity index (χ1v) is 10.4. The number of hydrogen-bond donors (Lipinski definition) is 2. The number of halogens is 1. The van der Waals surface area contributed by atoms with Crippen LogP contribution < -0.4 is 10.0 Å². The van der Waals surface area contributed by atoms with E-state index in [0.717, 1.165) is 24.3 Å². The fourth-order valence-electron chi connectivity index (χ4n) is 2.91. The maximum Gasteiger partial charge on any atom is 0.261 e. The Labute approximate surface area is 171 Å². The van der Waals surface area contributed by atoms with Gasteiger partial charge >= 0.3 is 0 Å². The Balaban J connectivity index is 1.60. The second-order valence-corrected chi connectivity index (χ2v) is 8.16. The van der Waals surface area contributed by atoms with E-state index in [9.17, 15) is 17.6 Å². The first-order valence-electron chi connectivity index (χ1n) is 8.88.